The van der Waals surface area contributed by atoms with Gasteiger partial charge in [0, 0.05) is 31.2 Å². The van der Waals surface area contributed by atoms with Crippen molar-refractivity contribution in [3.63, 3.8) is 0 Å². The zero-order valence-corrected chi connectivity index (χ0v) is 14.6. The number of carbonyl (C=O) groups excluding carboxylic acids is 1. The summed E-state index contributed by atoms with van der Waals surface area (Å²) in [4.78, 5) is 21.7. The Morgan fingerprint density at radius 3 is 2.91 bits per heavy atom. The molecule has 0 aromatic carbocycles. The number of nitrogens with zero attached hydrogens (tertiary/aromatic N) is 2. The van der Waals surface area contributed by atoms with Gasteiger partial charge in [-0.05, 0) is 19.9 Å². The number of anilines is 1. The van der Waals surface area contributed by atoms with Gasteiger partial charge in [-0.1, -0.05) is 11.6 Å². The molecule has 1 aliphatic heterocycles. The molecular weight excluding hydrogens is 336 g/mol. The zero-order chi connectivity index (χ0) is 16.4. The maximum absolute atomic E-state index is 12.1. The summed E-state index contributed by atoms with van der Waals surface area (Å²) >= 11 is 7.23. The first-order chi connectivity index (χ1) is 11.0. The molecule has 2 N–H and O–H groups in total. The summed E-state index contributed by atoms with van der Waals surface area (Å²) in [6.07, 6.45) is 2.04. The highest BCUT2D eigenvalue weighted by molar-refractivity contribution is 7.13. The maximum atomic E-state index is 12.1. The minimum absolute atomic E-state index is 0.231. The van der Waals surface area contributed by atoms with Gasteiger partial charge in [-0.2, -0.15) is 0 Å². The van der Waals surface area contributed by atoms with Gasteiger partial charge >= 0.3 is 0 Å². The van der Waals surface area contributed by atoms with E-state index >= 15 is 0 Å². The lowest BCUT2D eigenvalue weighted by atomic mass is 10.2. The second-order valence-electron chi connectivity index (χ2n) is 5.78. The van der Waals surface area contributed by atoms with Crippen molar-refractivity contribution in [3.05, 3.63) is 34.1 Å². The molecule has 2 aromatic heterocycles. The molecule has 23 heavy (non-hydrogen) atoms. The molecule has 0 bridgehead atoms. The molecule has 6 nitrogen and oxygen atoms in total. The van der Waals surface area contributed by atoms with Gasteiger partial charge in [0.1, 0.15) is 5.69 Å². The largest absolute Gasteiger partial charge is 0.373 e. The Kier molecular flexibility index (Phi) is 5.01. The molecule has 2 aromatic rings. The van der Waals surface area contributed by atoms with Crippen LogP contribution < -0.4 is 5.32 Å². The number of morpholine rings is 1. The Hall–Kier alpha value is -1.41. The summed E-state index contributed by atoms with van der Waals surface area (Å²) in [5.74, 6) is -0.244. The molecule has 2 atom stereocenters. The summed E-state index contributed by atoms with van der Waals surface area (Å²) < 4.78 is 5.73. The smallest absolute Gasteiger partial charge is 0.273 e. The summed E-state index contributed by atoms with van der Waals surface area (Å²) in [5.41, 5.74) is 1.37. The number of hydrogen-bond acceptors (Lipinski definition) is 5. The first kappa shape index (κ1) is 16.4. The fourth-order valence-corrected chi connectivity index (χ4v) is 3.60. The van der Waals surface area contributed by atoms with Crippen LogP contribution in [0.15, 0.2) is 17.6 Å². The normalized spacial score (nSPS) is 22.2. The predicted molar refractivity (Wildman–Crippen MR) is 91.2 cm³/mol. The number of hydrogen-bond donors (Lipinski definition) is 2. The minimum Gasteiger partial charge on any atom is -0.373 e. The molecule has 0 radical (unpaired) electrons. The number of carbonyl (C=O) groups is 1. The number of amides is 1. The highest BCUT2D eigenvalue weighted by Gasteiger charge is 2.22. The second-order valence-corrected chi connectivity index (χ2v) is 7.08. The molecule has 0 saturated carbocycles. The van der Waals surface area contributed by atoms with Crippen molar-refractivity contribution in [1.82, 2.24) is 14.9 Å². The van der Waals surface area contributed by atoms with Crippen LogP contribution in [0.1, 0.15) is 30.0 Å². The van der Waals surface area contributed by atoms with Gasteiger partial charge in [0.05, 0.1) is 22.9 Å². The Morgan fingerprint density at radius 2 is 2.26 bits per heavy atom. The highest BCUT2D eigenvalue weighted by Crippen LogP contribution is 2.20. The molecule has 0 aliphatic carbocycles. The highest BCUT2D eigenvalue weighted by atomic mass is 35.5. The van der Waals surface area contributed by atoms with Gasteiger partial charge in [0.25, 0.3) is 5.91 Å². The molecule has 3 rings (SSSR count). The van der Waals surface area contributed by atoms with E-state index < -0.39 is 0 Å². The van der Waals surface area contributed by atoms with Crippen molar-refractivity contribution in [2.75, 3.05) is 18.4 Å². The number of rotatable bonds is 4. The summed E-state index contributed by atoms with van der Waals surface area (Å²) in [6.45, 7) is 6.71. The van der Waals surface area contributed by atoms with Crippen molar-refractivity contribution >= 4 is 34.0 Å². The number of thiazole rings is 1. The van der Waals surface area contributed by atoms with E-state index in [1.54, 1.807) is 12.3 Å². The fraction of sp³-hybridized carbons (Fsp3) is 0.467. The topological polar surface area (TPSA) is 70.2 Å². The molecule has 3 heterocycles. The van der Waals surface area contributed by atoms with Gasteiger partial charge in [-0.3, -0.25) is 15.0 Å². The van der Waals surface area contributed by atoms with E-state index in [0.717, 1.165) is 25.3 Å². The van der Waals surface area contributed by atoms with E-state index in [1.165, 1.54) is 11.3 Å². The Morgan fingerprint density at radius 1 is 1.52 bits per heavy atom. The van der Waals surface area contributed by atoms with Gasteiger partial charge in [-0.25, -0.2) is 4.98 Å². The van der Waals surface area contributed by atoms with Gasteiger partial charge < -0.3 is 9.72 Å². The van der Waals surface area contributed by atoms with E-state index in [1.807, 2.05) is 5.38 Å². The molecule has 1 aliphatic rings. The first-order valence-electron chi connectivity index (χ1n) is 7.47. The van der Waals surface area contributed by atoms with Crippen LogP contribution in [0, 0.1) is 0 Å². The Bertz CT molecular complexity index is 677. The summed E-state index contributed by atoms with van der Waals surface area (Å²) in [7, 11) is 0. The quantitative estimate of drug-likeness (QED) is 0.885. The average Bonchev–Trinajstić information content (AvgIpc) is 3.07. The van der Waals surface area contributed by atoms with E-state index in [4.69, 9.17) is 16.3 Å². The lowest BCUT2D eigenvalue weighted by molar-refractivity contribution is -0.0707. The van der Waals surface area contributed by atoms with E-state index in [-0.39, 0.29) is 18.1 Å². The van der Waals surface area contributed by atoms with E-state index in [0.29, 0.717) is 15.8 Å². The third-order valence-electron chi connectivity index (χ3n) is 3.55. The molecule has 1 amide bonds. The molecular formula is C15H19ClN4O2S. The molecule has 1 fully saturated rings. The lowest BCUT2D eigenvalue weighted by Gasteiger charge is -2.34. The summed E-state index contributed by atoms with van der Waals surface area (Å²) in [6, 6.07) is 1.59. The van der Waals surface area contributed by atoms with Crippen LogP contribution in [0.5, 0.6) is 0 Å². The van der Waals surface area contributed by atoms with Crippen molar-refractivity contribution in [1.29, 1.82) is 0 Å². The van der Waals surface area contributed by atoms with Crippen LogP contribution >= 0.6 is 22.9 Å². The van der Waals surface area contributed by atoms with Crippen LogP contribution in [-0.2, 0) is 11.3 Å². The molecule has 8 heteroatoms. The Balaban J connectivity index is 1.58. The molecule has 124 valence electrons. The number of nitrogens with one attached hydrogen (secondary N) is 2. The minimum atomic E-state index is -0.244. The first-order valence-corrected chi connectivity index (χ1v) is 8.73. The third kappa shape index (κ3) is 4.32. The van der Waals surface area contributed by atoms with Crippen molar-refractivity contribution in [3.8, 4) is 0 Å². The van der Waals surface area contributed by atoms with Crippen LogP contribution in [0.4, 0.5) is 5.13 Å². The standard InChI is InChI=1S/C15H19ClN4O2S/c1-9-5-20(6-10(2)22-9)7-12-8-23-15(18-12)19-14(21)13-3-11(16)4-17-13/h3-4,8-10,17H,5-7H2,1-2H3,(H,18,19,21). The number of H-pyrrole nitrogens is 1. The van der Waals surface area contributed by atoms with Gasteiger partial charge in [0.15, 0.2) is 5.13 Å². The van der Waals surface area contributed by atoms with Crippen LogP contribution in [0.2, 0.25) is 5.02 Å². The Labute approximate surface area is 143 Å². The number of aromatic amines is 1. The average molecular weight is 355 g/mol. The van der Waals surface area contributed by atoms with Crippen LogP contribution in [-0.4, -0.2) is 46.1 Å². The van der Waals surface area contributed by atoms with Crippen molar-refractivity contribution < 1.29 is 9.53 Å². The molecule has 0 spiro atoms. The lowest BCUT2D eigenvalue weighted by Crippen LogP contribution is -2.44. The fourth-order valence-electron chi connectivity index (χ4n) is 2.74. The van der Waals surface area contributed by atoms with Gasteiger partial charge in [-0.15, -0.1) is 11.3 Å². The molecule has 1 saturated heterocycles. The third-order valence-corrected chi connectivity index (χ3v) is 4.57. The monoisotopic (exact) mass is 354 g/mol. The van der Waals surface area contributed by atoms with Crippen molar-refractivity contribution in [2.24, 2.45) is 0 Å². The van der Waals surface area contributed by atoms with Crippen molar-refractivity contribution in [2.45, 2.75) is 32.6 Å². The van der Waals surface area contributed by atoms with E-state index in [9.17, 15) is 4.79 Å². The van der Waals surface area contributed by atoms with Crippen LogP contribution in [0.25, 0.3) is 0 Å². The number of halogens is 1. The molecule has 2 unspecified atom stereocenters. The number of aromatic nitrogens is 2. The SMILES string of the molecule is CC1CN(Cc2csc(NC(=O)c3cc(Cl)c[nH]3)n2)CC(C)O1. The summed E-state index contributed by atoms with van der Waals surface area (Å²) in [5, 5.41) is 5.85. The maximum Gasteiger partial charge on any atom is 0.273 e. The predicted octanol–water partition coefficient (Wildman–Crippen LogP) is 2.99. The van der Waals surface area contributed by atoms with Crippen LogP contribution in [0.3, 0.4) is 0 Å². The van der Waals surface area contributed by atoms with Gasteiger partial charge in [0.2, 0.25) is 0 Å². The zero-order valence-electron chi connectivity index (χ0n) is 13.0. The van der Waals surface area contributed by atoms with E-state index in [2.05, 4.69) is 34.0 Å². The second kappa shape index (κ2) is 7.00. The number of ether oxygens (including phenoxy) is 1.